The molecule has 1 aliphatic carbocycles. The molecular weight excluding hydrogens is 516 g/mol. The second-order valence-electron chi connectivity index (χ2n) is 10.6. The highest BCUT2D eigenvalue weighted by Crippen LogP contribution is 2.36. The number of aliphatic hydroxyl groups excluding tert-OH is 2. The van der Waals surface area contributed by atoms with Crippen LogP contribution in [0.25, 0.3) is 0 Å². The van der Waals surface area contributed by atoms with E-state index < -0.39 is 12.2 Å². The first kappa shape index (κ1) is 33.8. The Bertz CT molecular complexity index is 818. The molecule has 0 aromatic heterocycles. The number of hydrogen-bond acceptors (Lipinski definition) is 8. The molecule has 2 N–H and O–H groups in total. The highest BCUT2D eigenvalue weighted by Gasteiger charge is 2.40. The number of thioether (sulfide) groups is 1. The van der Waals surface area contributed by atoms with Crippen LogP contribution < -0.4 is 0 Å². The molecule has 222 valence electrons. The van der Waals surface area contributed by atoms with Crippen molar-refractivity contribution >= 4 is 23.5 Å². The monoisotopic (exact) mass is 566 g/mol. The Balaban J connectivity index is 1.58. The van der Waals surface area contributed by atoms with E-state index in [1.807, 2.05) is 24.3 Å². The third kappa shape index (κ3) is 14.1. The minimum absolute atomic E-state index is 0.101. The summed E-state index contributed by atoms with van der Waals surface area (Å²) in [6.07, 6.45) is 7.32. The molecule has 0 aliphatic heterocycles. The topological polar surface area (TPSA) is 102 Å². The molecule has 0 heterocycles. The van der Waals surface area contributed by atoms with E-state index in [0.717, 1.165) is 48.5 Å². The van der Waals surface area contributed by atoms with E-state index in [4.69, 9.17) is 14.2 Å². The largest absolute Gasteiger partial charge is 0.463 e. The lowest BCUT2D eigenvalue weighted by atomic mass is 9.86. The van der Waals surface area contributed by atoms with Crippen LogP contribution in [0.1, 0.15) is 82.3 Å². The van der Waals surface area contributed by atoms with Crippen molar-refractivity contribution in [3.05, 3.63) is 35.4 Å². The summed E-state index contributed by atoms with van der Waals surface area (Å²) in [7, 11) is 1.66. The molecule has 0 bridgehead atoms. The van der Waals surface area contributed by atoms with Crippen LogP contribution in [0.4, 0.5) is 0 Å². The standard InChI is InChI=1S/C31H50O7S/c1-3-4-5-6-15-37-16-17-38-31(35)11-8-18-39-19-14-28-27(29(33)22-30(28)34)13-12-26(32)21-24-9-7-10-25(20-24)23-36-2/h7,9-10,20,26-29,32-33H,3-6,8,11-19,21-23H2,1-2H3/t26-,27?,28-,29-/m1/s1. The first-order valence-electron chi connectivity index (χ1n) is 14.7. The number of rotatable bonds is 22. The normalized spacial score (nSPS) is 19.9. The lowest BCUT2D eigenvalue weighted by molar-refractivity contribution is -0.145. The molecule has 1 aliphatic rings. The number of esters is 1. The number of carbonyl (C=O) groups is 2. The summed E-state index contributed by atoms with van der Waals surface area (Å²) in [4.78, 5) is 24.4. The number of hydrogen-bond donors (Lipinski definition) is 2. The van der Waals surface area contributed by atoms with Crippen LogP contribution in [0.2, 0.25) is 0 Å². The molecule has 7 nitrogen and oxygen atoms in total. The zero-order valence-corrected chi connectivity index (χ0v) is 24.8. The average molecular weight is 567 g/mol. The van der Waals surface area contributed by atoms with Gasteiger partial charge in [-0.05, 0) is 67.1 Å². The lowest BCUT2D eigenvalue weighted by Crippen LogP contribution is -2.23. The van der Waals surface area contributed by atoms with Crippen LogP contribution in [0.5, 0.6) is 0 Å². The predicted octanol–water partition coefficient (Wildman–Crippen LogP) is 5.13. The van der Waals surface area contributed by atoms with Crippen molar-refractivity contribution in [2.45, 2.75) is 96.4 Å². The van der Waals surface area contributed by atoms with E-state index in [0.29, 0.717) is 45.5 Å². The number of carbonyl (C=O) groups excluding carboxylic acids is 2. The maximum Gasteiger partial charge on any atom is 0.305 e. The summed E-state index contributed by atoms with van der Waals surface area (Å²) in [6.45, 7) is 4.20. The Morgan fingerprint density at radius 1 is 1.08 bits per heavy atom. The molecule has 1 unspecified atom stereocenters. The van der Waals surface area contributed by atoms with Gasteiger partial charge in [0.15, 0.2) is 0 Å². The maximum atomic E-state index is 12.5. The van der Waals surface area contributed by atoms with Crippen LogP contribution in [-0.2, 0) is 36.8 Å². The number of ketones is 1. The summed E-state index contributed by atoms with van der Waals surface area (Å²) in [5.74, 6) is 1.33. The first-order valence-corrected chi connectivity index (χ1v) is 15.9. The second-order valence-corrected chi connectivity index (χ2v) is 11.8. The van der Waals surface area contributed by atoms with E-state index in [9.17, 15) is 19.8 Å². The Kier molecular flexibility index (Phi) is 17.7. The van der Waals surface area contributed by atoms with Gasteiger partial charge in [0.1, 0.15) is 12.4 Å². The van der Waals surface area contributed by atoms with Crippen molar-refractivity contribution in [1.29, 1.82) is 0 Å². The van der Waals surface area contributed by atoms with Crippen molar-refractivity contribution in [2.24, 2.45) is 11.8 Å². The Hall–Kier alpha value is -1.45. The zero-order chi connectivity index (χ0) is 28.3. The molecule has 4 atom stereocenters. The van der Waals surface area contributed by atoms with Crippen molar-refractivity contribution in [3.8, 4) is 0 Å². The molecule has 0 radical (unpaired) electrons. The van der Waals surface area contributed by atoms with E-state index in [2.05, 4.69) is 6.92 Å². The molecule has 39 heavy (non-hydrogen) atoms. The fourth-order valence-electron chi connectivity index (χ4n) is 5.21. The highest BCUT2D eigenvalue weighted by molar-refractivity contribution is 7.99. The molecule has 0 spiro atoms. The molecule has 0 amide bonds. The van der Waals surface area contributed by atoms with Crippen molar-refractivity contribution < 1.29 is 34.0 Å². The van der Waals surface area contributed by atoms with Crippen LogP contribution in [0, 0.1) is 11.8 Å². The number of benzene rings is 1. The Morgan fingerprint density at radius 2 is 1.90 bits per heavy atom. The fraction of sp³-hybridized carbons (Fsp3) is 0.742. The summed E-state index contributed by atoms with van der Waals surface area (Å²) >= 11 is 1.73. The minimum atomic E-state index is -0.625. The number of unbranched alkanes of at least 4 members (excludes halogenated alkanes) is 3. The molecule has 2 rings (SSSR count). The van der Waals surface area contributed by atoms with Crippen LogP contribution >= 0.6 is 11.8 Å². The van der Waals surface area contributed by atoms with Crippen LogP contribution in [-0.4, -0.2) is 72.6 Å². The zero-order valence-electron chi connectivity index (χ0n) is 24.0. The van der Waals surface area contributed by atoms with Gasteiger partial charge in [0.05, 0.1) is 25.4 Å². The van der Waals surface area contributed by atoms with Crippen molar-refractivity contribution in [2.75, 3.05) is 38.4 Å². The summed E-state index contributed by atoms with van der Waals surface area (Å²) in [5.41, 5.74) is 2.13. The number of aliphatic hydroxyl groups is 2. The predicted molar refractivity (Wildman–Crippen MR) is 156 cm³/mol. The van der Waals surface area contributed by atoms with Crippen molar-refractivity contribution in [3.63, 3.8) is 0 Å². The van der Waals surface area contributed by atoms with E-state index in [1.54, 1.807) is 18.9 Å². The summed E-state index contributed by atoms with van der Waals surface area (Å²) < 4.78 is 15.9. The van der Waals surface area contributed by atoms with Gasteiger partial charge in [-0.3, -0.25) is 9.59 Å². The smallest absolute Gasteiger partial charge is 0.305 e. The van der Waals surface area contributed by atoms with Gasteiger partial charge in [0.2, 0.25) is 0 Å². The second kappa shape index (κ2) is 20.4. The third-order valence-corrected chi connectivity index (χ3v) is 8.42. The summed E-state index contributed by atoms with van der Waals surface area (Å²) in [6, 6.07) is 8.02. The van der Waals surface area contributed by atoms with Gasteiger partial charge >= 0.3 is 5.97 Å². The van der Waals surface area contributed by atoms with E-state index >= 15 is 0 Å². The summed E-state index contributed by atoms with van der Waals surface area (Å²) in [5, 5.41) is 21.1. The Labute approximate surface area is 239 Å². The van der Waals surface area contributed by atoms with Crippen LogP contribution in [0.3, 0.4) is 0 Å². The van der Waals surface area contributed by atoms with Gasteiger partial charge in [-0.2, -0.15) is 11.8 Å². The lowest BCUT2D eigenvalue weighted by Gasteiger charge is -2.22. The fourth-order valence-corrected chi connectivity index (χ4v) is 6.18. The molecule has 1 fully saturated rings. The number of methoxy groups -OCH3 is 1. The van der Waals surface area contributed by atoms with Gasteiger partial charge in [0, 0.05) is 32.5 Å². The van der Waals surface area contributed by atoms with E-state index in [-0.39, 0.29) is 30.0 Å². The highest BCUT2D eigenvalue weighted by atomic mass is 32.2. The quantitative estimate of drug-likeness (QED) is 0.147. The number of Topliss-reactive ketones (excluding diaryl/α,β-unsaturated/α-hetero) is 1. The molecule has 0 saturated heterocycles. The number of ether oxygens (including phenoxy) is 3. The van der Waals surface area contributed by atoms with Gasteiger partial charge in [-0.25, -0.2) is 0 Å². The minimum Gasteiger partial charge on any atom is -0.463 e. The molecule has 8 heteroatoms. The first-order chi connectivity index (χ1) is 18.9. The van der Waals surface area contributed by atoms with Gasteiger partial charge in [-0.1, -0.05) is 50.5 Å². The maximum absolute atomic E-state index is 12.5. The molecule has 1 aromatic carbocycles. The molecule has 1 saturated carbocycles. The van der Waals surface area contributed by atoms with E-state index in [1.165, 1.54) is 19.3 Å². The Morgan fingerprint density at radius 3 is 2.69 bits per heavy atom. The molecule has 1 aromatic rings. The van der Waals surface area contributed by atoms with Gasteiger partial charge < -0.3 is 24.4 Å². The van der Waals surface area contributed by atoms with Crippen molar-refractivity contribution in [1.82, 2.24) is 0 Å². The van der Waals surface area contributed by atoms with Gasteiger partial charge in [0.25, 0.3) is 0 Å². The SMILES string of the molecule is CCCCCCOCCOC(=O)CCCSCC[C@H]1C(=O)C[C@@H](O)C1CC[C@@H](O)Cc1cccc(COC)c1. The average Bonchev–Trinajstić information content (AvgIpc) is 3.18. The van der Waals surface area contributed by atoms with Crippen LogP contribution in [0.15, 0.2) is 24.3 Å². The molecular formula is C31H50O7S. The van der Waals surface area contributed by atoms with Gasteiger partial charge in [-0.15, -0.1) is 0 Å². The third-order valence-electron chi connectivity index (χ3n) is 7.32.